The molecule has 0 saturated carbocycles. The third kappa shape index (κ3) is 4.67. The number of benzene rings is 2. The SMILES string of the molecule is O=C(COC(=O)c1[nH]c2ccccc2c1Br)Nc1ccccc1SC(F)F. The quantitative estimate of drug-likeness (QED) is 0.404. The van der Waals surface area contributed by atoms with Gasteiger partial charge in [-0.2, -0.15) is 8.78 Å². The number of hydrogen-bond donors (Lipinski definition) is 2. The van der Waals surface area contributed by atoms with E-state index >= 15 is 0 Å². The highest BCUT2D eigenvalue weighted by molar-refractivity contribution is 9.10. The van der Waals surface area contributed by atoms with Crippen molar-refractivity contribution in [1.82, 2.24) is 4.98 Å². The minimum Gasteiger partial charge on any atom is -0.451 e. The average Bonchev–Trinajstić information content (AvgIpc) is 2.98. The number of anilines is 1. The standard InChI is InChI=1S/C18H13BrF2N2O3S/c19-15-10-5-1-2-6-11(10)23-16(15)17(25)26-9-14(24)22-12-7-3-4-8-13(12)27-18(20)21/h1-8,18,23H,9H2,(H,22,24). The minimum atomic E-state index is -2.61. The molecule has 1 amide bonds. The highest BCUT2D eigenvalue weighted by Gasteiger charge is 2.19. The first kappa shape index (κ1) is 19.4. The van der Waals surface area contributed by atoms with E-state index in [1.165, 1.54) is 12.1 Å². The normalized spacial score (nSPS) is 11.0. The zero-order valence-corrected chi connectivity index (χ0v) is 16.1. The van der Waals surface area contributed by atoms with Gasteiger partial charge >= 0.3 is 5.97 Å². The van der Waals surface area contributed by atoms with Crippen LogP contribution in [0.4, 0.5) is 14.5 Å². The number of aromatic nitrogens is 1. The third-order valence-corrected chi connectivity index (χ3v) is 5.17. The van der Waals surface area contributed by atoms with E-state index in [9.17, 15) is 18.4 Å². The molecule has 1 aromatic heterocycles. The predicted octanol–water partition coefficient (Wildman–Crippen LogP) is 5.04. The van der Waals surface area contributed by atoms with Crippen LogP contribution in [0, 0.1) is 0 Å². The summed E-state index contributed by atoms with van der Waals surface area (Å²) >= 11 is 3.66. The van der Waals surface area contributed by atoms with Crippen molar-refractivity contribution in [2.24, 2.45) is 0 Å². The van der Waals surface area contributed by atoms with E-state index in [-0.39, 0.29) is 16.3 Å². The molecule has 0 bridgehead atoms. The third-order valence-electron chi connectivity index (χ3n) is 3.56. The van der Waals surface area contributed by atoms with Crippen molar-refractivity contribution in [3.8, 4) is 0 Å². The molecular formula is C18H13BrF2N2O3S. The van der Waals surface area contributed by atoms with E-state index < -0.39 is 24.2 Å². The van der Waals surface area contributed by atoms with Crippen LogP contribution in [0.3, 0.4) is 0 Å². The fraction of sp³-hybridized carbons (Fsp3) is 0.111. The van der Waals surface area contributed by atoms with Crippen LogP contribution in [0.25, 0.3) is 10.9 Å². The predicted molar refractivity (Wildman–Crippen MR) is 103 cm³/mol. The molecule has 2 aromatic carbocycles. The fourth-order valence-corrected chi connectivity index (χ4v) is 3.61. The maximum Gasteiger partial charge on any atom is 0.356 e. The van der Waals surface area contributed by atoms with Crippen molar-refractivity contribution in [2.75, 3.05) is 11.9 Å². The first-order valence-electron chi connectivity index (χ1n) is 7.72. The summed E-state index contributed by atoms with van der Waals surface area (Å²) in [6, 6.07) is 13.5. The number of H-pyrrole nitrogens is 1. The van der Waals surface area contributed by atoms with Crippen molar-refractivity contribution >= 4 is 56.2 Å². The molecule has 2 N–H and O–H groups in total. The van der Waals surface area contributed by atoms with Crippen LogP contribution in [-0.4, -0.2) is 29.2 Å². The lowest BCUT2D eigenvalue weighted by Crippen LogP contribution is -2.21. The Hall–Kier alpha value is -2.39. The molecular weight excluding hydrogens is 442 g/mol. The average molecular weight is 455 g/mol. The molecule has 0 unspecified atom stereocenters. The van der Waals surface area contributed by atoms with E-state index in [0.717, 1.165) is 10.9 Å². The van der Waals surface area contributed by atoms with Crippen LogP contribution in [0.5, 0.6) is 0 Å². The summed E-state index contributed by atoms with van der Waals surface area (Å²) in [5, 5.41) is 3.28. The van der Waals surface area contributed by atoms with Gasteiger partial charge in [-0.15, -0.1) is 0 Å². The number of carbonyl (C=O) groups is 2. The van der Waals surface area contributed by atoms with Crippen molar-refractivity contribution in [3.05, 3.63) is 58.7 Å². The smallest absolute Gasteiger partial charge is 0.356 e. The molecule has 0 spiro atoms. The largest absolute Gasteiger partial charge is 0.451 e. The van der Waals surface area contributed by atoms with E-state index in [2.05, 4.69) is 26.2 Å². The monoisotopic (exact) mass is 454 g/mol. The Morgan fingerprint density at radius 1 is 1.15 bits per heavy atom. The van der Waals surface area contributed by atoms with Gasteiger partial charge in [0.05, 0.1) is 10.2 Å². The molecule has 140 valence electrons. The van der Waals surface area contributed by atoms with Gasteiger partial charge in [0.2, 0.25) is 0 Å². The fourth-order valence-electron chi connectivity index (χ4n) is 2.41. The topological polar surface area (TPSA) is 71.2 Å². The van der Waals surface area contributed by atoms with Crippen molar-refractivity contribution < 1.29 is 23.1 Å². The maximum absolute atomic E-state index is 12.6. The molecule has 0 aliphatic rings. The summed E-state index contributed by atoms with van der Waals surface area (Å²) < 4.78 is 30.7. The molecule has 0 saturated heterocycles. The van der Waals surface area contributed by atoms with Crippen molar-refractivity contribution in [2.45, 2.75) is 10.7 Å². The van der Waals surface area contributed by atoms with Crippen LogP contribution >= 0.6 is 27.7 Å². The number of para-hydroxylation sites is 2. The highest BCUT2D eigenvalue weighted by atomic mass is 79.9. The summed E-state index contributed by atoms with van der Waals surface area (Å²) in [6.45, 7) is -0.547. The lowest BCUT2D eigenvalue weighted by Gasteiger charge is -2.10. The van der Waals surface area contributed by atoms with E-state index in [4.69, 9.17) is 4.74 Å². The van der Waals surface area contributed by atoms with Gasteiger partial charge in [-0.1, -0.05) is 42.1 Å². The summed E-state index contributed by atoms with van der Waals surface area (Å²) in [4.78, 5) is 27.4. The summed E-state index contributed by atoms with van der Waals surface area (Å²) in [5.74, 6) is -3.94. The minimum absolute atomic E-state index is 0.192. The number of carbonyl (C=O) groups excluding carboxylic acids is 2. The van der Waals surface area contributed by atoms with E-state index in [1.54, 1.807) is 18.2 Å². The van der Waals surface area contributed by atoms with Crippen LogP contribution in [0.1, 0.15) is 10.5 Å². The second-order valence-corrected chi connectivity index (χ2v) is 7.18. The number of nitrogens with one attached hydrogen (secondary N) is 2. The first-order chi connectivity index (χ1) is 13.0. The summed E-state index contributed by atoms with van der Waals surface area (Å²) in [5.41, 5.74) is 1.17. The van der Waals surface area contributed by atoms with Gasteiger partial charge in [-0.3, -0.25) is 4.79 Å². The molecule has 0 radical (unpaired) electrons. The van der Waals surface area contributed by atoms with Gasteiger partial charge in [0, 0.05) is 15.8 Å². The Morgan fingerprint density at radius 2 is 1.85 bits per heavy atom. The van der Waals surface area contributed by atoms with E-state index in [0.29, 0.717) is 16.2 Å². The summed E-state index contributed by atoms with van der Waals surface area (Å²) in [6.07, 6.45) is 0. The lowest BCUT2D eigenvalue weighted by atomic mass is 10.2. The van der Waals surface area contributed by atoms with Gasteiger partial charge < -0.3 is 15.0 Å². The molecule has 3 rings (SSSR count). The molecule has 9 heteroatoms. The Morgan fingerprint density at radius 3 is 2.59 bits per heavy atom. The highest BCUT2D eigenvalue weighted by Crippen LogP contribution is 2.31. The number of amides is 1. The van der Waals surface area contributed by atoms with Crippen molar-refractivity contribution in [3.63, 3.8) is 0 Å². The van der Waals surface area contributed by atoms with Crippen LogP contribution in [-0.2, 0) is 9.53 Å². The number of alkyl halides is 2. The molecule has 0 atom stereocenters. The lowest BCUT2D eigenvalue weighted by molar-refractivity contribution is -0.119. The number of ether oxygens (including phenoxy) is 1. The Balaban J connectivity index is 1.64. The summed E-state index contributed by atoms with van der Waals surface area (Å²) in [7, 11) is 0. The van der Waals surface area contributed by atoms with Gasteiger partial charge in [0.1, 0.15) is 5.69 Å². The molecule has 1 heterocycles. The van der Waals surface area contributed by atoms with E-state index in [1.807, 2.05) is 18.2 Å². The number of fused-ring (bicyclic) bond motifs is 1. The van der Waals surface area contributed by atoms with Crippen molar-refractivity contribution in [1.29, 1.82) is 0 Å². The van der Waals surface area contributed by atoms with Gasteiger partial charge in [-0.25, -0.2) is 4.79 Å². The Labute approximate surface area is 165 Å². The second-order valence-electron chi connectivity index (χ2n) is 5.36. The second kappa shape index (κ2) is 8.53. The van der Waals surface area contributed by atoms with Gasteiger partial charge in [-0.05, 0) is 34.1 Å². The number of halogens is 3. The molecule has 27 heavy (non-hydrogen) atoms. The van der Waals surface area contributed by atoms with Crippen LogP contribution < -0.4 is 5.32 Å². The zero-order valence-electron chi connectivity index (χ0n) is 13.7. The molecule has 0 fully saturated rings. The molecule has 5 nitrogen and oxygen atoms in total. The molecule has 3 aromatic rings. The Kier molecular flexibility index (Phi) is 6.12. The van der Waals surface area contributed by atoms with Crippen LogP contribution in [0.2, 0.25) is 0 Å². The Bertz CT molecular complexity index is 994. The maximum atomic E-state index is 12.6. The first-order valence-corrected chi connectivity index (χ1v) is 9.40. The van der Waals surface area contributed by atoms with Crippen LogP contribution in [0.15, 0.2) is 57.9 Å². The van der Waals surface area contributed by atoms with Gasteiger partial charge in [0.15, 0.2) is 6.61 Å². The molecule has 0 aliphatic carbocycles. The number of rotatable bonds is 6. The molecule has 0 aliphatic heterocycles. The number of thioether (sulfide) groups is 1. The number of hydrogen-bond acceptors (Lipinski definition) is 4. The van der Waals surface area contributed by atoms with Gasteiger partial charge in [0.25, 0.3) is 11.7 Å². The number of esters is 1. The zero-order chi connectivity index (χ0) is 19.4. The number of aromatic amines is 1.